The van der Waals surface area contributed by atoms with E-state index in [4.69, 9.17) is 0 Å². The lowest BCUT2D eigenvalue weighted by atomic mass is 10.1. The second kappa shape index (κ2) is 7.85. The van der Waals surface area contributed by atoms with Crippen molar-refractivity contribution in [3.8, 4) is 0 Å². The van der Waals surface area contributed by atoms with Crippen molar-refractivity contribution < 1.29 is 9.50 Å². The van der Waals surface area contributed by atoms with E-state index in [2.05, 4.69) is 10.2 Å². The van der Waals surface area contributed by atoms with Crippen LogP contribution in [-0.2, 0) is 0 Å². The molecule has 1 fully saturated rings. The molecular formula is C14H21FN2OS. The Labute approximate surface area is 118 Å². The number of benzene rings is 1. The molecular weight excluding hydrogens is 263 g/mol. The summed E-state index contributed by atoms with van der Waals surface area (Å²) >= 11 is 2.00. The first-order valence-corrected chi connectivity index (χ1v) is 7.86. The van der Waals surface area contributed by atoms with Crippen molar-refractivity contribution in [1.82, 2.24) is 10.2 Å². The van der Waals surface area contributed by atoms with Crippen LogP contribution < -0.4 is 5.32 Å². The lowest BCUT2D eigenvalue weighted by molar-refractivity contribution is 0.168. The Bertz CT molecular complexity index is 385. The zero-order chi connectivity index (χ0) is 13.5. The molecule has 1 aliphatic rings. The van der Waals surface area contributed by atoms with Gasteiger partial charge in [0, 0.05) is 49.8 Å². The Kier molecular flexibility index (Phi) is 6.10. The van der Waals surface area contributed by atoms with Crippen LogP contribution in [0, 0.1) is 5.82 Å². The maximum absolute atomic E-state index is 13.4. The molecule has 106 valence electrons. The number of nitrogens with one attached hydrogen (secondary N) is 1. The third kappa shape index (κ3) is 4.76. The molecule has 3 nitrogen and oxygen atoms in total. The van der Waals surface area contributed by atoms with Gasteiger partial charge in [-0.1, -0.05) is 18.2 Å². The van der Waals surface area contributed by atoms with Crippen LogP contribution in [0.15, 0.2) is 24.3 Å². The van der Waals surface area contributed by atoms with Gasteiger partial charge in [-0.2, -0.15) is 11.8 Å². The lowest BCUT2D eigenvalue weighted by Gasteiger charge is -2.26. The molecule has 1 atom stereocenters. The van der Waals surface area contributed by atoms with Crippen LogP contribution in [0.1, 0.15) is 11.7 Å². The van der Waals surface area contributed by atoms with Crippen LogP contribution in [0.25, 0.3) is 0 Å². The summed E-state index contributed by atoms with van der Waals surface area (Å²) in [5.74, 6) is 2.07. The van der Waals surface area contributed by atoms with Gasteiger partial charge in [-0.05, 0) is 6.07 Å². The van der Waals surface area contributed by atoms with Gasteiger partial charge < -0.3 is 15.3 Å². The zero-order valence-electron chi connectivity index (χ0n) is 11.0. The molecule has 5 heteroatoms. The van der Waals surface area contributed by atoms with Crippen LogP contribution in [0.4, 0.5) is 4.39 Å². The molecule has 2 rings (SSSR count). The van der Waals surface area contributed by atoms with E-state index in [1.54, 1.807) is 18.2 Å². The van der Waals surface area contributed by atoms with Gasteiger partial charge in [-0.25, -0.2) is 4.39 Å². The van der Waals surface area contributed by atoms with E-state index in [1.807, 2.05) is 11.8 Å². The van der Waals surface area contributed by atoms with Crippen LogP contribution >= 0.6 is 11.8 Å². The second-order valence-corrected chi connectivity index (χ2v) is 5.92. The highest BCUT2D eigenvalue weighted by molar-refractivity contribution is 7.99. The van der Waals surface area contributed by atoms with E-state index >= 15 is 0 Å². The number of hydrogen-bond acceptors (Lipinski definition) is 4. The normalized spacial score (nSPS) is 18.4. The van der Waals surface area contributed by atoms with E-state index in [-0.39, 0.29) is 5.82 Å². The molecule has 19 heavy (non-hydrogen) atoms. The quantitative estimate of drug-likeness (QED) is 0.776. The van der Waals surface area contributed by atoms with Crippen LogP contribution in [-0.4, -0.2) is 54.2 Å². The fourth-order valence-electron chi connectivity index (χ4n) is 2.16. The number of thioether (sulfide) groups is 1. The highest BCUT2D eigenvalue weighted by Crippen LogP contribution is 2.15. The van der Waals surface area contributed by atoms with E-state index in [0.29, 0.717) is 12.1 Å². The number of halogens is 1. The summed E-state index contributed by atoms with van der Waals surface area (Å²) in [6, 6.07) is 6.38. The maximum atomic E-state index is 13.4. The van der Waals surface area contributed by atoms with Crippen LogP contribution in [0.2, 0.25) is 0 Å². The minimum absolute atomic E-state index is 0.343. The molecule has 0 saturated carbocycles. The smallest absolute Gasteiger partial charge is 0.129 e. The molecule has 1 aromatic carbocycles. The molecule has 0 aromatic heterocycles. The van der Waals surface area contributed by atoms with Gasteiger partial charge in [0.2, 0.25) is 0 Å². The second-order valence-electron chi connectivity index (χ2n) is 4.70. The van der Waals surface area contributed by atoms with Gasteiger partial charge in [-0.15, -0.1) is 0 Å². The molecule has 1 unspecified atom stereocenters. The summed E-state index contributed by atoms with van der Waals surface area (Å²) in [6.45, 7) is 4.49. The van der Waals surface area contributed by atoms with Crippen LogP contribution in [0.3, 0.4) is 0 Å². The molecule has 0 spiro atoms. The number of aliphatic hydroxyl groups is 1. The molecule has 0 amide bonds. The fraction of sp³-hybridized carbons (Fsp3) is 0.571. The summed E-state index contributed by atoms with van der Waals surface area (Å²) < 4.78 is 13.4. The Hall–Kier alpha value is -0.620. The van der Waals surface area contributed by atoms with Crippen molar-refractivity contribution in [2.75, 3.05) is 44.2 Å². The van der Waals surface area contributed by atoms with Crippen molar-refractivity contribution >= 4 is 11.8 Å². The minimum Gasteiger partial charge on any atom is -0.387 e. The summed E-state index contributed by atoms with van der Waals surface area (Å²) in [5, 5.41) is 13.1. The average molecular weight is 284 g/mol. The highest BCUT2D eigenvalue weighted by Gasteiger charge is 2.12. The summed E-state index contributed by atoms with van der Waals surface area (Å²) in [4.78, 5) is 2.42. The van der Waals surface area contributed by atoms with Gasteiger partial charge in [-0.3, -0.25) is 0 Å². The first kappa shape index (κ1) is 14.8. The molecule has 1 aliphatic heterocycles. The van der Waals surface area contributed by atoms with Gasteiger partial charge in [0.15, 0.2) is 0 Å². The molecule has 2 N–H and O–H groups in total. The monoisotopic (exact) mass is 284 g/mol. The highest BCUT2D eigenvalue weighted by atomic mass is 32.2. The van der Waals surface area contributed by atoms with Crippen LogP contribution in [0.5, 0.6) is 0 Å². The first-order valence-electron chi connectivity index (χ1n) is 6.70. The fourth-order valence-corrected chi connectivity index (χ4v) is 3.13. The minimum atomic E-state index is -0.780. The number of rotatable bonds is 6. The SMILES string of the molecule is OC(CNCCN1CCSCC1)c1ccccc1F. The predicted octanol–water partition coefficient (Wildman–Crippen LogP) is 1.50. The third-order valence-corrected chi connectivity index (χ3v) is 4.25. The van der Waals surface area contributed by atoms with Crippen molar-refractivity contribution in [3.63, 3.8) is 0 Å². The van der Waals surface area contributed by atoms with E-state index in [9.17, 15) is 9.50 Å². The lowest BCUT2D eigenvalue weighted by Crippen LogP contribution is -2.38. The largest absolute Gasteiger partial charge is 0.387 e. The van der Waals surface area contributed by atoms with E-state index in [1.165, 1.54) is 17.6 Å². The summed E-state index contributed by atoms with van der Waals surface area (Å²) in [5.41, 5.74) is 0.365. The standard InChI is InChI=1S/C14H21FN2OS/c15-13-4-2-1-3-12(13)14(18)11-16-5-6-17-7-9-19-10-8-17/h1-4,14,16,18H,5-11H2. The van der Waals surface area contributed by atoms with Gasteiger partial charge in [0.1, 0.15) is 5.82 Å². The molecule has 1 aromatic rings. The average Bonchev–Trinajstić information content (AvgIpc) is 2.45. The van der Waals surface area contributed by atoms with Gasteiger partial charge >= 0.3 is 0 Å². The van der Waals surface area contributed by atoms with Gasteiger partial charge in [0.25, 0.3) is 0 Å². The summed E-state index contributed by atoms with van der Waals surface area (Å²) in [7, 11) is 0. The summed E-state index contributed by atoms with van der Waals surface area (Å²) in [6.07, 6.45) is -0.780. The van der Waals surface area contributed by atoms with E-state index in [0.717, 1.165) is 26.2 Å². The number of aliphatic hydroxyl groups excluding tert-OH is 1. The molecule has 1 saturated heterocycles. The molecule has 0 radical (unpaired) electrons. The van der Waals surface area contributed by atoms with Crippen molar-refractivity contribution in [3.05, 3.63) is 35.6 Å². The Morgan fingerprint density at radius 2 is 2.05 bits per heavy atom. The number of nitrogens with zero attached hydrogens (tertiary/aromatic N) is 1. The Morgan fingerprint density at radius 3 is 2.79 bits per heavy atom. The number of hydrogen-bond donors (Lipinski definition) is 2. The van der Waals surface area contributed by atoms with Gasteiger partial charge in [0.05, 0.1) is 6.10 Å². The van der Waals surface area contributed by atoms with Crippen molar-refractivity contribution in [2.45, 2.75) is 6.10 Å². The first-order chi connectivity index (χ1) is 9.27. The van der Waals surface area contributed by atoms with Crippen molar-refractivity contribution in [1.29, 1.82) is 0 Å². The molecule has 0 bridgehead atoms. The third-order valence-electron chi connectivity index (χ3n) is 3.31. The maximum Gasteiger partial charge on any atom is 0.129 e. The Morgan fingerprint density at radius 1 is 1.32 bits per heavy atom. The van der Waals surface area contributed by atoms with E-state index < -0.39 is 6.10 Å². The predicted molar refractivity (Wildman–Crippen MR) is 78.0 cm³/mol. The topological polar surface area (TPSA) is 35.5 Å². The van der Waals surface area contributed by atoms with Crippen molar-refractivity contribution in [2.24, 2.45) is 0 Å². The molecule has 1 heterocycles. The Balaban J connectivity index is 1.66. The zero-order valence-corrected chi connectivity index (χ0v) is 11.8. The molecule has 0 aliphatic carbocycles.